The number of carbonyl (C=O) groups is 1. The van der Waals surface area contributed by atoms with Crippen LogP contribution < -0.4 is 4.90 Å². The lowest BCUT2D eigenvalue weighted by Crippen LogP contribution is -2.32. The van der Waals surface area contributed by atoms with Crippen LogP contribution in [0.3, 0.4) is 0 Å². The molecule has 0 N–H and O–H groups in total. The van der Waals surface area contributed by atoms with Crippen LogP contribution in [0.25, 0.3) is 0 Å². The van der Waals surface area contributed by atoms with Gasteiger partial charge in [-0.3, -0.25) is 9.91 Å². The number of hydrogen-bond acceptors (Lipinski definition) is 2. The minimum absolute atomic E-state index is 0.0703. The monoisotopic (exact) mass is 331 g/mol. The van der Waals surface area contributed by atoms with Crippen LogP contribution in [0.4, 0.5) is 14.9 Å². The largest absolute Gasteiger partial charge is 0.340 e. The number of hydrogen-bond donors (Lipinski definition) is 0. The van der Waals surface area contributed by atoms with E-state index in [2.05, 4.69) is 0 Å². The Morgan fingerprint density at radius 3 is 2.61 bits per heavy atom. The van der Waals surface area contributed by atoms with Crippen LogP contribution in [0, 0.1) is 5.82 Å². The number of hydrazine groups is 1. The van der Waals surface area contributed by atoms with Crippen molar-refractivity contribution in [2.45, 2.75) is 12.6 Å². The van der Waals surface area contributed by atoms with Gasteiger partial charge in [-0.15, -0.1) is 0 Å². The molecule has 0 saturated carbocycles. The Hall–Kier alpha value is -2.11. The summed E-state index contributed by atoms with van der Waals surface area (Å²) >= 11 is 6.09. The standard InChI is InChI=1S/C17H15ClFN3O/c18-13-3-1-4-15(11-13)22-16(12-5-7-14(19)8-6-12)20-9-2-10-21(20)17(22)23/h1,3-8,11,16H,2,9-10H2/t16-/m0/s1. The zero-order valence-electron chi connectivity index (χ0n) is 12.3. The highest BCUT2D eigenvalue weighted by Crippen LogP contribution is 2.40. The van der Waals surface area contributed by atoms with Crippen LogP contribution in [0.1, 0.15) is 18.2 Å². The summed E-state index contributed by atoms with van der Waals surface area (Å²) < 4.78 is 13.3. The van der Waals surface area contributed by atoms with Gasteiger partial charge in [0.15, 0.2) is 0 Å². The fourth-order valence-corrected chi connectivity index (χ4v) is 3.47. The van der Waals surface area contributed by atoms with Crippen molar-refractivity contribution in [1.29, 1.82) is 0 Å². The van der Waals surface area contributed by atoms with E-state index in [1.807, 2.05) is 17.1 Å². The summed E-state index contributed by atoms with van der Waals surface area (Å²) in [7, 11) is 0. The van der Waals surface area contributed by atoms with Crippen LogP contribution in [-0.2, 0) is 0 Å². The molecule has 0 aromatic heterocycles. The van der Waals surface area contributed by atoms with Crippen LogP contribution >= 0.6 is 11.6 Å². The molecule has 6 heteroatoms. The number of fused-ring (bicyclic) bond motifs is 1. The molecule has 0 aliphatic carbocycles. The van der Waals surface area contributed by atoms with E-state index in [1.165, 1.54) is 12.1 Å². The first-order chi connectivity index (χ1) is 11.1. The molecule has 0 spiro atoms. The van der Waals surface area contributed by atoms with E-state index in [0.29, 0.717) is 11.6 Å². The highest BCUT2D eigenvalue weighted by atomic mass is 35.5. The van der Waals surface area contributed by atoms with Gasteiger partial charge in [0.05, 0.1) is 0 Å². The molecular weight excluding hydrogens is 317 g/mol. The average Bonchev–Trinajstić information content (AvgIpc) is 3.11. The molecule has 2 saturated heterocycles. The number of rotatable bonds is 2. The molecule has 2 fully saturated rings. The van der Waals surface area contributed by atoms with Crippen molar-refractivity contribution in [3.05, 3.63) is 64.9 Å². The molecule has 2 heterocycles. The summed E-state index contributed by atoms with van der Waals surface area (Å²) in [5.41, 5.74) is 1.62. The van der Waals surface area contributed by atoms with Gasteiger partial charge >= 0.3 is 6.03 Å². The molecule has 1 atom stereocenters. The van der Waals surface area contributed by atoms with Gasteiger partial charge < -0.3 is 0 Å². The number of anilines is 1. The maximum atomic E-state index is 13.3. The number of nitrogens with zero attached hydrogens (tertiary/aromatic N) is 3. The molecule has 0 bridgehead atoms. The van der Waals surface area contributed by atoms with Crippen LogP contribution in [-0.4, -0.2) is 29.1 Å². The fourth-order valence-electron chi connectivity index (χ4n) is 3.29. The minimum Gasteiger partial charge on any atom is -0.271 e. The number of urea groups is 1. The predicted octanol–water partition coefficient (Wildman–Crippen LogP) is 4.04. The molecule has 2 amide bonds. The van der Waals surface area contributed by atoms with Gasteiger partial charge in [-0.05, 0) is 42.3 Å². The second-order valence-electron chi connectivity index (χ2n) is 5.70. The lowest BCUT2D eigenvalue weighted by molar-refractivity contribution is 0.0727. The smallest absolute Gasteiger partial charge is 0.271 e. The van der Waals surface area contributed by atoms with Gasteiger partial charge in [0.1, 0.15) is 12.0 Å². The SMILES string of the molecule is O=C1N(c2cccc(Cl)c2)[C@@H](c2ccc(F)cc2)N2CCCN12. The zero-order valence-corrected chi connectivity index (χ0v) is 13.1. The number of amides is 2. The Kier molecular flexibility index (Phi) is 3.47. The van der Waals surface area contributed by atoms with Crippen molar-refractivity contribution in [3.8, 4) is 0 Å². The predicted molar refractivity (Wildman–Crippen MR) is 86.5 cm³/mol. The number of halogens is 2. The van der Waals surface area contributed by atoms with Crippen molar-refractivity contribution >= 4 is 23.3 Å². The van der Waals surface area contributed by atoms with Gasteiger partial charge in [0.2, 0.25) is 0 Å². The first kappa shape index (κ1) is 14.5. The average molecular weight is 332 g/mol. The second-order valence-corrected chi connectivity index (χ2v) is 6.13. The van der Waals surface area contributed by atoms with Crippen molar-refractivity contribution in [2.24, 2.45) is 0 Å². The summed E-state index contributed by atoms with van der Waals surface area (Å²) in [6.45, 7) is 1.50. The van der Waals surface area contributed by atoms with E-state index in [9.17, 15) is 9.18 Å². The third-order valence-corrected chi connectivity index (χ3v) is 4.51. The van der Waals surface area contributed by atoms with E-state index in [-0.39, 0.29) is 18.0 Å². The molecule has 2 aliphatic rings. The van der Waals surface area contributed by atoms with Gasteiger partial charge in [-0.2, -0.15) is 5.01 Å². The first-order valence-corrected chi connectivity index (χ1v) is 7.91. The van der Waals surface area contributed by atoms with E-state index in [1.54, 1.807) is 34.2 Å². The minimum atomic E-state index is -0.286. The molecule has 118 valence electrons. The van der Waals surface area contributed by atoms with Crippen molar-refractivity contribution in [1.82, 2.24) is 10.0 Å². The summed E-state index contributed by atoms with van der Waals surface area (Å²) in [5.74, 6) is -0.286. The van der Waals surface area contributed by atoms with Gasteiger partial charge in [0.25, 0.3) is 0 Å². The molecular formula is C17H15ClFN3O. The normalized spacial score (nSPS) is 21.1. The zero-order chi connectivity index (χ0) is 16.0. The number of benzene rings is 2. The van der Waals surface area contributed by atoms with E-state index < -0.39 is 0 Å². The molecule has 0 unspecified atom stereocenters. The lowest BCUT2D eigenvalue weighted by Gasteiger charge is -2.28. The van der Waals surface area contributed by atoms with Crippen molar-refractivity contribution in [2.75, 3.05) is 18.0 Å². The summed E-state index contributed by atoms with van der Waals surface area (Å²) in [6, 6.07) is 13.5. The molecule has 2 aliphatic heterocycles. The van der Waals surface area contributed by atoms with Crippen LogP contribution in [0.2, 0.25) is 5.02 Å². The van der Waals surface area contributed by atoms with Gasteiger partial charge in [0, 0.05) is 23.8 Å². The van der Waals surface area contributed by atoms with Gasteiger partial charge in [-0.25, -0.2) is 9.18 Å². The second kappa shape index (κ2) is 5.51. The third-order valence-electron chi connectivity index (χ3n) is 4.28. The molecule has 2 aromatic carbocycles. The number of carbonyl (C=O) groups excluding carboxylic acids is 1. The maximum absolute atomic E-state index is 13.3. The molecule has 0 radical (unpaired) electrons. The highest BCUT2D eigenvalue weighted by Gasteiger charge is 2.47. The van der Waals surface area contributed by atoms with Crippen molar-refractivity contribution in [3.63, 3.8) is 0 Å². The van der Waals surface area contributed by atoms with Crippen LogP contribution in [0.5, 0.6) is 0 Å². The highest BCUT2D eigenvalue weighted by molar-refractivity contribution is 6.30. The Bertz CT molecular complexity index is 752. The summed E-state index contributed by atoms with van der Waals surface area (Å²) in [6.07, 6.45) is 0.663. The fraction of sp³-hybridized carbons (Fsp3) is 0.235. The third kappa shape index (κ3) is 2.36. The summed E-state index contributed by atoms with van der Waals surface area (Å²) in [4.78, 5) is 14.6. The Morgan fingerprint density at radius 1 is 1.09 bits per heavy atom. The Balaban J connectivity index is 1.81. The Morgan fingerprint density at radius 2 is 1.87 bits per heavy atom. The van der Waals surface area contributed by atoms with Crippen LogP contribution in [0.15, 0.2) is 48.5 Å². The van der Waals surface area contributed by atoms with Gasteiger partial charge in [-0.1, -0.05) is 29.8 Å². The van der Waals surface area contributed by atoms with E-state index >= 15 is 0 Å². The Labute approximate surface area is 138 Å². The maximum Gasteiger partial charge on any atom is 0.340 e. The topological polar surface area (TPSA) is 26.8 Å². The van der Waals surface area contributed by atoms with E-state index in [4.69, 9.17) is 11.6 Å². The lowest BCUT2D eigenvalue weighted by atomic mass is 10.1. The molecule has 4 nitrogen and oxygen atoms in total. The quantitative estimate of drug-likeness (QED) is 0.830. The van der Waals surface area contributed by atoms with Crippen molar-refractivity contribution < 1.29 is 9.18 Å². The first-order valence-electron chi connectivity index (χ1n) is 7.53. The molecule has 23 heavy (non-hydrogen) atoms. The molecule has 4 rings (SSSR count). The summed E-state index contributed by atoms with van der Waals surface area (Å²) in [5, 5.41) is 4.38. The van der Waals surface area contributed by atoms with E-state index in [0.717, 1.165) is 24.2 Å². The molecule has 2 aromatic rings.